The molecule has 0 saturated heterocycles. The van der Waals surface area contributed by atoms with Crippen LogP contribution in [0, 0.1) is 13.8 Å². The molecular weight excluding hydrogens is 473 g/mol. The molecule has 0 unspecified atom stereocenters. The van der Waals surface area contributed by atoms with Gasteiger partial charge in [0, 0.05) is 36.5 Å². The third-order valence-corrected chi connectivity index (χ3v) is 4.47. The van der Waals surface area contributed by atoms with Crippen LogP contribution in [0.3, 0.4) is 0 Å². The minimum atomic E-state index is 0. The molecule has 1 aliphatic heterocycles. The van der Waals surface area contributed by atoms with Gasteiger partial charge in [0.2, 0.25) is 0 Å². The fourth-order valence-electron chi connectivity index (χ4n) is 2.95. The number of rotatable bonds is 6. The molecule has 0 radical (unpaired) electrons. The largest absolute Gasteiger partial charge is 0.490 e. The predicted octanol–water partition coefficient (Wildman–Crippen LogP) is 2.85. The van der Waals surface area contributed by atoms with Gasteiger partial charge < -0.3 is 25.3 Å². The van der Waals surface area contributed by atoms with E-state index in [2.05, 4.69) is 15.4 Å². The summed E-state index contributed by atoms with van der Waals surface area (Å²) in [5, 5.41) is 7.65. The normalized spacial score (nSPS) is 13.6. The van der Waals surface area contributed by atoms with E-state index in [-0.39, 0.29) is 24.0 Å². The standard InChI is InChI=1S/C19H27N5O3.HI/c1-13-16(14(2)24(23-13)7-10-25-3)12-21-19(20)22-15-5-6-17-18(11-15)27-9-4-8-26-17;/h5-6,11H,4,7-10,12H2,1-3H3,(H3,20,21,22);1H. The first kappa shape index (κ1) is 22.3. The van der Waals surface area contributed by atoms with Crippen molar-refractivity contribution < 1.29 is 14.2 Å². The van der Waals surface area contributed by atoms with Gasteiger partial charge in [0.1, 0.15) is 0 Å². The monoisotopic (exact) mass is 501 g/mol. The molecular formula is C19H28IN5O3. The van der Waals surface area contributed by atoms with Crippen LogP contribution in [0.5, 0.6) is 11.5 Å². The van der Waals surface area contributed by atoms with Crippen molar-refractivity contribution >= 4 is 35.6 Å². The molecule has 2 heterocycles. The highest BCUT2D eigenvalue weighted by molar-refractivity contribution is 14.0. The Bertz CT molecular complexity index is 822. The van der Waals surface area contributed by atoms with Crippen LogP contribution in [0.1, 0.15) is 23.4 Å². The summed E-state index contributed by atoms with van der Waals surface area (Å²) in [5.74, 6) is 1.81. The molecule has 28 heavy (non-hydrogen) atoms. The Balaban J connectivity index is 0.00000280. The topological polar surface area (TPSA) is 95.9 Å². The van der Waals surface area contributed by atoms with Crippen LogP contribution < -0.4 is 20.5 Å². The van der Waals surface area contributed by atoms with E-state index in [0.717, 1.165) is 47.1 Å². The van der Waals surface area contributed by atoms with Crippen molar-refractivity contribution in [3.05, 3.63) is 35.2 Å². The van der Waals surface area contributed by atoms with Crippen LogP contribution >= 0.6 is 24.0 Å². The van der Waals surface area contributed by atoms with Crippen LogP contribution in [0.25, 0.3) is 0 Å². The molecule has 8 nitrogen and oxygen atoms in total. The fraction of sp³-hybridized carbons (Fsp3) is 0.474. The summed E-state index contributed by atoms with van der Waals surface area (Å²) in [6.07, 6.45) is 0.873. The first-order valence-corrected chi connectivity index (χ1v) is 9.07. The third-order valence-electron chi connectivity index (χ3n) is 4.47. The molecule has 0 saturated carbocycles. The number of benzene rings is 1. The zero-order valence-electron chi connectivity index (χ0n) is 16.5. The molecule has 0 aliphatic carbocycles. The van der Waals surface area contributed by atoms with Gasteiger partial charge in [0.25, 0.3) is 0 Å². The van der Waals surface area contributed by atoms with Gasteiger partial charge in [-0.3, -0.25) is 4.68 Å². The molecule has 0 spiro atoms. The summed E-state index contributed by atoms with van der Waals surface area (Å²) in [4.78, 5) is 4.46. The van der Waals surface area contributed by atoms with Crippen molar-refractivity contribution in [1.29, 1.82) is 0 Å². The average Bonchev–Trinajstić information content (AvgIpc) is 2.81. The molecule has 0 atom stereocenters. The number of fused-ring (bicyclic) bond motifs is 1. The van der Waals surface area contributed by atoms with E-state index >= 15 is 0 Å². The minimum Gasteiger partial charge on any atom is -0.490 e. The zero-order chi connectivity index (χ0) is 19.2. The van der Waals surface area contributed by atoms with Gasteiger partial charge in [-0.1, -0.05) is 0 Å². The summed E-state index contributed by atoms with van der Waals surface area (Å²) in [6, 6.07) is 5.65. The molecule has 9 heteroatoms. The van der Waals surface area contributed by atoms with E-state index in [1.807, 2.05) is 36.7 Å². The Kier molecular flexibility index (Phi) is 8.36. The predicted molar refractivity (Wildman–Crippen MR) is 120 cm³/mol. The van der Waals surface area contributed by atoms with Gasteiger partial charge in [-0.25, -0.2) is 4.99 Å². The number of anilines is 1. The van der Waals surface area contributed by atoms with Gasteiger partial charge in [-0.15, -0.1) is 24.0 Å². The van der Waals surface area contributed by atoms with E-state index < -0.39 is 0 Å². The zero-order valence-corrected chi connectivity index (χ0v) is 18.9. The number of ether oxygens (including phenoxy) is 3. The van der Waals surface area contributed by atoms with Crippen molar-refractivity contribution in [3.8, 4) is 11.5 Å². The average molecular weight is 501 g/mol. The number of methoxy groups -OCH3 is 1. The maximum Gasteiger partial charge on any atom is 0.193 e. The number of nitrogens with zero attached hydrogens (tertiary/aromatic N) is 3. The van der Waals surface area contributed by atoms with E-state index in [0.29, 0.717) is 32.3 Å². The Morgan fingerprint density at radius 3 is 2.79 bits per heavy atom. The third kappa shape index (κ3) is 5.51. The molecule has 0 amide bonds. The second-order valence-electron chi connectivity index (χ2n) is 6.40. The molecule has 154 valence electrons. The fourth-order valence-corrected chi connectivity index (χ4v) is 2.95. The van der Waals surface area contributed by atoms with Crippen LogP contribution in [0.2, 0.25) is 0 Å². The quantitative estimate of drug-likeness (QED) is 0.359. The van der Waals surface area contributed by atoms with Gasteiger partial charge in [0.05, 0.1) is 38.6 Å². The minimum absolute atomic E-state index is 0. The highest BCUT2D eigenvalue weighted by Gasteiger charge is 2.12. The highest BCUT2D eigenvalue weighted by Crippen LogP contribution is 2.32. The Labute approximate surface area is 182 Å². The molecule has 3 rings (SSSR count). The van der Waals surface area contributed by atoms with Gasteiger partial charge >= 0.3 is 0 Å². The summed E-state index contributed by atoms with van der Waals surface area (Å²) in [6.45, 7) is 7.14. The first-order chi connectivity index (χ1) is 13.1. The van der Waals surface area contributed by atoms with Crippen LogP contribution in [0.15, 0.2) is 23.2 Å². The van der Waals surface area contributed by atoms with Crippen molar-refractivity contribution in [2.75, 3.05) is 32.2 Å². The smallest absolute Gasteiger partial charge is 0.193 e. The molecule has 1 aromatic heterocycles. The van der Waals surface area contributed by atoms with E-state index in [4.69, 9.17) is 19.9 Å². The Hall–Kier alpha value is -2.01. The number of aliphatic imine (C=N–C) groups is 1. The van der Waals surface area contributed by atoms with Gasteiger partial charge in [-0.2, -0.15) is 5.10 Å². The summed E-state index contributed by atoms with van der Waals surface area (Å²) < 4.78 is 18.4. The number of guanidine groups is 1. The lowest BCUT2D eigenvalue weighted by Gasteiger charge is -2.11. The Morgan fingerprint density at radius 1 is 1.29 bits per heavy atom. The van der Waals surface area contributed by atoms with E-state index in [1.165, 1.54) is 0 Å². The maximum atomic E-state index is 6.07. The van der Waals surface area contributed by atoms with Crippen LogP contribution in [-0.2, 0) is 17.8 Å². The van der Waals surface area contributed by atoms with Crippen LogP contribution in [0.4, 0.5) is 5.69 Å². The number of hydrogen-bond acceptors (Lipinski definition) is 5. The van der Waals surface area contributed by atoms with Gasteiger partial charge in [-0.05, 0) is 26.0 Å². The number of halogens is 1. The summed E-state index contributed by atoms with van der Waals surface area (Å²) in [5.41, 5.74) is 9.99. The number of hydrogen-bond donors (Lipinski definition) is 2. The summed E-state index contributed by atoms with van der Waals surface area (Å²) >= 11 is 0. The summed E-state index contributed by atoms with van der Waals surface area (Å²) in [7, 11) is 1.68. The molecule has 2 aromatic rings. The van der Waals surface area contributed by atoms with Crippen molar-refractivity contribution in [2.24, 2.45) is 10.7 Å². The van der Waals surface area contributed by atoms with Gasteiger partial charge in [0.15, 0.2) is 17.5 Å². The molecule has 0 fully saturated rings. The van der Waals surface area contributed by atoms with Crippen molar-refractivity contribution in [1.82, 2.24) is 9.78 Å². The first-order valence-electron chi connectivity index (χ1n) is 9.07. The van der Waals surface area contributed by atoms with Crippen LogP contribution in [-0.4, -0.2) is 42.7 Å². The number of aromatic nitrogens is 2. The molecule has 3 N–H and O–H groups in total. The number of nitrogens with two attached hydrogens (primary N) is 1. The lowest BCUT2D eigenvalue weighted by molar-refractivity contribution is 0.182. The second kappa shape index (κ2) is 10.5. The number of nitrogens with one attached hydrogen (secondary N) is 1. The lowest BCUT2D eigenvalue weighted by atomic mass is 10.2. The maximum absolute atomic E-state index is 6.07. The molecule has 1 aliphatic rings. The Morgan fingerprint density at radius 2 is 2.04 bits per heavy atom. The number of aryl methyl sites for hydroxylation is 1. The van der Waals surface area contributed by atoms with Crippen molar-refractivity contribution in [3.63, 3.8) is 0 Å². The van der Waals surface area contributed by atoms with E-state index in [9.17, 15) is 0 Å². The SMILES string of the molecule is COCCn1nc(C)c(CN=C(N)Nc2ccc3c(c2)OCCCO3)c1C.I. The second-order valence-corrected chi connectivity index (χ2v) is 6.40. The molecule has 1 aromatic carbocycles. The highest BCUT2D eigenvalue weighted by atomic mass is 127. The van der Waals surface area contributed by atoms with E-state index in [1.54, 1.807) is 7.11 Å². The van der Waals surface area contributed by atoms with Crippen molar-refractivity contribution in [2.45, 2.75) is 33.4 Å². The molecule has 0 bridgehead atoms. The lowest BCUT2D eigenvalue weighted by Crippen LogP contribution is -2.22.